The summed E-state index contributed by atoms with van der Waals surface area (Å²) in [6.45, 7) is 1.81. The predicted molar refractivity (Wildman–Crippen MR) is 104 cm³/mol. The van der Waals surface area contributed by atoms with Gasteiger partial charge in [0.1, 0.15) is 17.1 Å². The van der Waals surface area contributed by atoms with Crippen LogP contribution in [-0.2, 0) is 0 Å². The van der Waals surface area contributed by atoms with Crippen LogP contribution in [0.2, 0.25) is 0 Å². The highest BCUT2D eigenvalue weighted by Crippen LogP contribution is 2.28. The van der Waals surface area contributed by atoms with Gasteiger partial charge in [0, 0.05) is 16.2 Å². The summed E-state index contributed by atoms with van der Waals surface area (Å²) >= 11 is 8.42. The average molecular weight is 439 g/mol. The second-order valence-corrected chi connectivity index (χ2v) is 6.57. The first-order valence-electron chi connectivity index (χ1n) is 7.25. The third-order valence-electron chi connectivity index (χ3n) is 3.40. The molecule has 0 fully saturated rings. The molecule has 0 radical (unpaired) electrons. The number of halogens is 1. The Kier molecular flexibility index (Phi) is 6.17. The second-order valence-electron chi connectivity index (χ2n) is 5.25. The zero-order chi connectivity index (χ0) is 19.4. The Morgan fingerprint density at radius 1 is 1.19 bits per heavy atom. The van der Waals surface area contributed by atoms with E-state index in [2.05, 4.69) is 26.6 Å². The number of ether oxygens (including phenoxy) is 1. The molecule has 0 aromatic heterocycles. The molecule has 2 rings (SSSR count). The standard InChI is InChI=1S/C17H15BrN2O5S/c1-8-5-9(18)6-12(14(8)25-2)15(22)20-17(26)19-10-3-4-11(16(23)24)13(21)7-10/h3-7,21H,1-2H3,(H,23,24)(H2,19,20,22,26). The number of amides is 1. The summed E-state index contributed by atoms with van der Waals surface area (Å²) < 4.78 is 5.99. The number of rotatable bonds is 4. The number of anilines is 1. The summed E-state index contributed by atoms with van der Waals surface area (Å²) in [4.78, 5) is 23.4. The van der Waals surface area contributed by atoms with Crippen LogP contribution < -0.4 is 15.4 Å². The first-order chi connectivity index (χ1) is 12.2. The van der Waals surface area contributed by atoms with Crippen LogP contribution in [0.4, 0.5) is 5.69 Å². The van der Waals surface area contributed by atoms with Crippen molar-refractivity contribution in [2.24, 2.45) is 0 Å². The maximum Gasteiger partial charge on any atom is 0.339 e. The van der Waals surface area contributed by atoms with Crippen molar-refractivity contribution in [3.63, 3.8) is 0 Å². The molecule has 7 nitrogen and oxygen atoms in total. The summed E-state index contributed by atoms with van der Waals surface area (Å²) in [5, 5.41) is 23.8. The minimum absolute atomic E-state index is 0.0165. The van der Waals surface area contributed by atoms with Crippen LogP contribution in [-0.4, -0.2) is 34.3 Å². The summed E-state index contributed by atoms with van der Waals surface area (Å²) in [6.07, 6.45) is 0. The lowest BCUT2D eigenvalue weighted by Gasteiger charge is -2.14. The first kappa shape index (κ1) is 19.7. The Morgan fingerprint density at radius 3 is 2.46 bits per heavy atom. The molecule has 0 aliphatic carbocycles. The van der Waals surface area contributed by atoms with E-state index in [0.29, 0.717) is 21.5 Å². The Hall–Kier alpha value is -2.65. The van der Waals surface area contributed by atoms with Gasteiger partial charge in [-0.25, -0.2) is 4.79 Å². The van der Waals surface area contributed by atoms with Crippen LogP contribution in [0.25, 0.3) is 0 Å². The van der Waals surface area contributed by atoms with Crippen LogP contribution in [0, 0.1) is 6.92 Å². The van der Waals surface area contributed by atoms with Gasteiger partial charge in [-0.2, -0.15) is 0 Å². The van der Waals surface area contributed by atoms with E-state index in [1.165, 1.54) is 25.3 Å². The molecule has 2 aromatic rings. The van der Waals surface area contributed by atoms with E-state index in [1.54, 1.807) is 6.07 Å². The highest BCUT2D eigenvalue weighted by molar-refractivity contribution is 9.10. The van der Waals surface area contributed by atoms with Crippen molar-refractivity contribution < 1.29 is 24.5 Å². The predicted octanol–water partition coefficient (Wildman–Crippen LogP) is 3.30. The smallest absolute Gasteiger partial charge is 0.339 e. The fraction of sp³-hybridized carbons (Fsp3) is 0.118. The molecule has 9 heteroatoms. The largest absolute Gasteiger partial charge is 0.507 e. The number of aromatic carboxylic acids is 1. The van der Waals surface area contributed by atoms with Gasteiger partial charge < -0.3 is 20.3 Å². The third-order valence-corrected chi connectivity index (χ3v) is 4.06. The fourth-order valence-electron chi connectivity index (χ4n) is 2.29. The average Bonchev–Trinajstić information content (AvgIpc) is 2.53. The number of aryl methyl sites for hydroxylation is 1. The quantitative estimate of drug-likeness (QED) is 0.542. The molecule has 0 saturated carbocycles. The zero-order valence-corrected chi connectivity index (χ0v) is 16.2. The lowest BCUT2D eigenvalue weighted by molar-refractivity contribution is 0.0693. The van der Waals surface area contributed by atoms with Crippen molar-refractivity contribution in [3.05, 3.63) is 51.5 Å². The minimum Gasteiger partial charge on any atom is -0.507 e. The highest BCUT2D eigenvalue weighted by Gasteiger charge is 2.17. The van der Waals surface area contributed by atoms with Crippen molar-refractivity contribution in [3.8, 4) is 11.5 Å². The second kappa shape index (κ2) is 8.15. The first-order valence-corrected chi connectivity index (χ1v) is 8.45. The molecule has 2 aromatic carbocycles. The Morgan fingerprint density at radius 2 is 1.88 bits per heavy atom. The van der Waals surface area contributed by atoms with Crippen LogP contribution in [0.3, 0.4) is 0 Å². The van der Waals surface area contributed by atoms with E-state index in [0.717, 1.165) is 5.56 Å². The monoisotopic (exact) mass is 438 g/mol. The number of thiocarbonyl (C=S) groups is 1. The minimum atomic E-state index is -1.25. The molecule has 0 heterocycles. The van der Waals surface area contributed by atoms with Gasteiger partial charge in [0.05, 0.1) is 12.7 Å². The highest BCUT2D eigenvalue weighted by atomic mass is 79.9. The molecule has 0 spiro atoms. The van der Waals surface area contributed by atoms with Crippen LogP contribution in [0.15, 0.2) is 34.8 Å². The molecule has 0 atom stereocenters. The number of methoxy groups -OCH3 is 1. The topological polar surface area (TPSA) is 108 Å². The van der Waals surface area contributed by atoms with E-state index in [1.807, 2.05) is 13.0 Å². The van der Waals surface area contributed by atoms with Crippen molar-refractivity contribution in [2.45, 2.75) is 6.92 Å². The number of aromatic hydroxyl groups is 1. The SMILES string of the molecule is COc1c(C)cc(Br)cc1C(=O)NC(=S)Nc1ccc(C(=O)O)c(O)c1. The summed E-state index contributed by atoms with van der Waals surface area (Å²) in [6, 6.07) is 7.28. The van der Waals surface area contributed by atoms with Gasteiger partial charge in [-0.3, -0.25) is 10.1 Å². The molecule has 0 unspecified atom stereocenters. The van der Waals surface area contributed by atoms with E-state index in [9.17, 15) is 14.7 Å². The molecule has 0 bridgehead atoms. The maximum atomic E-state index is 12.5. The third kappa shape index (κ3) is 4.50. The number of hydrogen-bond donors (Lipinski definition) is 4. The van der Waals surface area contributed by atoms with E-state index in [4.69, 9.17) is 22.1 Å². The van der Waals surface area contributed by atoms with E-state index in [-0.39, 0.29) is 10.7 Å². The molecule has 136 valence electrons. The van der Waals surface area contributed by atoms with Crippen LogP contribution >= 0.6 is 28.1 Å². The molecule has 1 amide bonds. The normalized spacial score (nSPS) is 10.1. The molecule has 0 aliphatic heterocycles. The van der Waals surface area contributed by atoms with Crippen LogP contribution in [0.1, 0.15) is 26.3 Å². The molecule has 0 aliphatic rings. The van der Waals surface area contributed by atoms with Crippen LogP contribution in [0.5, 0.6) is 11.5 Å². The van der Waals surface area contributed by atoms with Gasteiger partial charge in [0.2, 0.25) is 0 Å². The molecule has 0 saturated heterocycles. The summed E-state index contributed by atoms with van der Waals surface area (Å²) in [5.41, 5.74) is 1.17. The number of hydrogen-bond acceptors (Lipinski definition) is 5. The van der Waals surface area contributed by atoms with Gasteiger partial charge in [-0.1, -0.05) is 15.9 Å². The van der Waals surface area contributed by atoms with Gasteiger partial charge >= 0.3 is 5.97 Å². The Labute approximate surface area is 163 Å². The number of carboxylic acid groups (broad SMARTS) is 1. The Bertz CT molecular complexity index is 901. The number of phenols is 1. The fourth-order valence-corrected chi connectivity index (χ4v) is 3.08. The number of carbonyl (C=O) groups is 2. The Balaban J connectivity index is 2.14. The van der Waals surface area contributed by atoms with Crippen molar-refractivity contribution in [2.75, 3.05) is 12.4 Å². The van der Waals surface area contributed by atoms with E-state index >= 15 is 0 Å². The number of carboxylic acids is 1. The molecular weight excluding hydrogens is 424 g/mol. The van der Waals surface area contributed by atoms with Crippen molar-refractivity contribution in [1.29, 1.82) is 0 Å². The number of nitrogens with one attached hydrogen (secondary N) is 2. The molecular formula is C17H15BrN2O5S. The summed E-state index contributed by atoms with van der Waals surface area (Å²) in [7, 11) is 1.47. The number of carbonyl (C=O) groups excluding carboxylic acids is 1. The van der Waals surface area contributed by atoms with Gasteiger partial charge in [0.25, 0.3) is 5.91 Å². The van der Waals surface area contributed by atoms with Gasteiger partial charge in [-0.15, -0.1) is 0 Å². The molecule has 4 N–H and O–H groups in total. The van der Waals surface area contributed by atoms with Gasteiger partial charge in [0.15, 0.2) is 5.11 Å². The van der Waals surface area contributed by atoms with E-state index < -0.39 is 17.6 Å². The summed E-state index contributed by atoms with van der Waals surface area (Å²) in [5.74, 6) is -1.71. The lowest BCUT2D eigenvalue weighted by atomic mass is 10.1. The lowest BCUT2D eigenvalue weighted by Crippen LogP contribution is -2.34. The van der Waals surface area contributed by atoms with Crippen molar-refractivity contribution >= 4 is 50.8 Å². The number of benzene rings is 2. The molecule has 26 heavy (non-hydrogen) atoms. The van der Waals surface area contributed by atoms with Crippen molar-refractivity contribution in [1.82, 2.24) is 5.32 Å². The van der Waals surface area contributed by atoms with Gasteiger partial charge in [-0.05, 0) is 49.0 Å². The zero-order valence-electron chi connectivity index (χ0n) is 13.8. The maximum absolute atomic E-state index is 12.5.